The van der Waals surface area contributed by atoms with Crippen LogP contribution < -0.4 is 15.8 Å². The highest BCUT2D eigenvalue weighted by molar-refractivity contribution is 5.68. The van der Waals surface area contributed by atoms with E-state index in [2.05, 4.69) is 20.0 Å². The molecule has 5 nitrogen and oxygen atoms in total. The van der Waals surface area contributed by atoms with E-state index in [0.717, 1.165) is 12.1 Å². The van der Waals surface area contributed by atoms with E-state index in [0.29, 0.717) is 5.69 Å². The van der Waals surface area contributed by atoms with Gasteiger partial charge in [0.15, 0.2) is 11.6 Å². The Balaban J connectivity index is 2.14. The number of hydrogen-bond acceptors (Lipinski definition) is 5. The number of alkyl halides is 2. The summed E-state index contributed by atoms with van der Waals surface area (Å²) in [6.45, 7) is -2.82. The Morgan fingerprint density at radius 1 is 1.35 bits per heavy atom. The third-order valence-electron chi connectivity index (χ3n) is 2.42. The zero-order valence-corrected chi connectivity index (χ0v) is 10.2. The zero-order chi connectivity index (χ0) is 14.5. The molecule has 0 atom stereocenters. The minimum atomic E-state index is -3.11. The second kappa shape index (κ2) is 6.09. The molecule has 0 saturated heterocycles. The van der Waals surface area contributed by atoms with Crippen LogP contribution in [0.2, 0.25) is 0 Å². The second-order valence-corrected chi connectivity index (χ2v) is 3.80. The predicted octanol–water partition coefficient (Wildman–Crippen LogP) is 2.41. The van der Waals surface area contributed by atoms with Gasteiger partial charge in [0.05, 0.1) is 23.6 Å². The number of halogens is 3. The van der Waals surface area contributed by atoms with Crippen molar-refractivity contribution in [1.29, 1.82) is 0 Å². The molecule has 1 heterocycles. The van der Waals surface area contributed by atoms with Gasteiger partial charge in [0.1, 0.15) is 6.33 Å². The van der Waals surface area contributed by atoms with Gasteiger partial charge < -0.3 is 15.8 Å². The molecule has 1 aromatic carbocycles. The van der Waals surface area contributed by atoms with Crippen LogP contribution in [0, 0.1) is 5.82 Å². The van der Waals surface area contributed by atoms with Crippen molar-refractivity contribution in [2.75, 3.05) is 11.1 Å². The Bertz CT molecular complexity index is 580. The number of ether oxygens (including phenoxy) is 1. The van der Waals surface area contributed by atoms with Crippen molar-refractivity contribution >= 4 is 11.4 Å². The van der Waals surface area contributed by atoms with E-state index in [1.54, 1.807) is 12.3 Å². The molecule has 1 aromatic heterocycles. The van der Waals surface area contributed by atoms with Crippen LogP contribution in [-0.4, -0.2) is 16.6 Å². The van der Waals surface area contributed by atoms with Gasteiger partial charge in [-0.2, -0.15) is 8.78 Å². The lowest BCUT2D eigenvalue weighted by atomic mass is 10.2. The third-order valence-corrected chi connectivity index (χ3v) is 2.42. The monoisotopic (exact) mass is 284 g/mol. The number of rotatable bonds is 5. The van der Waals surface area contributed by atoms with E-state index in [4.69, 9.17) is 5.73 Å². The van der Waals surface area contributed by atoms with E-state index < -0.39 is 18.2 Å². The Morgan fingerprint density at radius 3 is 2.80 bits per heavy atom. The first-order valence-corrected chi connectivity index (χ1v) is 5.59. The maximum absolute atomic E-state index is 13.4. The Labute approximate surface area is 112 Å². The number of anilines is 2. The molecule has 0 aliphatic rings. The first-order valence-electron chi connectivity index (χ1n) is 5.59. The maximum Gasteiger partial charge on any atom is 0.387 e. The number of nitrogens with zero attached hydrogens (tertiary/aromatic N) is 2. The van der Waals surface area contributed by atoms with Crippen LogP contribution in [0.3, 0.4) is 0 Å². The predicted molar refractivity (Wildman–Crippen MR) is 66.8 cm³/mol. The van der Waals surface area contributed by atoms with Crippen LogP contribution in [0.5, 0.6) is 5.75 Å². The fourth-order valence-corrected chi connectivity index (χ4v) is 1.52. The van der Waals surface area contributed by atoms with Crippen molar-refractivity contribution < 1.29 is 17.9 Å². The van der Waals surface area contributed by atoms with Gasteiger partial charge in [-0.05, 0) is 6.07 Å². The molecule has 0 aliphatic carbocycles. The van der Waals surface area contributed by atoms with E-state index in [1.807, 2.05) is 0 Å². The van der Waals surface area contributed by atoms with Gasteiger partial charge in [0.25, 0.3) is 0 Å². The van der Waals surface area contributed by atoms with Crippen molar-refractivity contribution in [3.05, 3.63) is 42.2 Å². The number of aromatic nitrogens is 2. The molecule has 0 fully saturated rings. The Hall–Kier alpha value is -2.51. The van der Waals surface area contributed by atoms with Crippen LogP contribution in [0.1, 0.15) is 5.69 Å². The van der Waals surface area contributed by atoms with Crippen molar-refractivity contribution in [1.82, 2.24) is 9.97 Å². The van der Waals surface area contributed by atoms with Crippen LogP contribution in [0.4, 0.5) is 24.5 Å². The fraction of sp³-hybridized carbons (Fsp3) is 0.167. The van der Waals surface area contributed by atoms with E-state index in [-0.39, 0.29) is 17.9 Å². The SMILES string of the molecule is Nc1cc(F)c(OC(F)F)cc1NCc1ccncn1. The molecule has 0 amide bonds. The summed E-state index contributed by atoms with van der Waals surface area (Å²) in [5.41, 5.74) is 6.63. The van der Waals surface area contributed by atoms with E-state index >= 15 is 0 Å². The lowest BCUT2D eigenvalue weighted by molar-refractivity contribution is -0.0521. The molecule has 2 rings (SSSR count). The van der Waals surface area contributed by atoms with Gasteiger partial charge in [-0.1, -0.05) is 0 Å². The first kappa shape index (κ1) is 13.9. The lowest BCUT2D eigenvalue weighted by Gasteiger charge is -2.12. The molecule has 0 bridgehead atoms. The smallest absolute Gasteiger partial charge is 0.387 e. The zero-order valence-electron chi connectivity index (χ0n) is 10.2. The quantitative estimate of drug-likeness (QED) is 0.825. The summed E-state index contributed by atoms with van der Waals surface area (Å²) in [5.74, 6) is -1.52. The molecule has 0 spiro atoms. The average molecular weight is 284 g/mol. The summed E-state index contributed by atoms with van der Waals surface area (Å²) in [6.07, 6.45) is 2.93. The van der Waals surface area contributed by atoms with Crippen molar-refractivity contribution in [2.45, 2.75) is 13.2 Å². The fourth-order valence-electron chi connectivity index (χ4n) is 1.52. The topological polar surface area (TPSA) is 73.1 Å². The highest BCUT2D eigenvalue weighted by atomic mass is 19.3. The highest BCUT2D eigenvalue weighted by Crippen LogP contribution is 2.29. The summed E-state index contributed by atoms with van der Waals surface area (Å²) in [6, 6.07) is 3.67. The number of nitrogens with one attached hydrogen (secondary N) is 1. The van der Waals surface area contributed by atoms with Crippen LogP contribution in [0.15, 0.2) is 30.7 Å². The molecule has 20 heavy (non-hydrogen) atoms. The van der Waals surface area contributed by atoms with Gasteiger partial charge in [0.2, 0.25) is 0 Å². The van der Waals surface area contributed by atoms with Gasteiger partial charge >= 0.3 is 6.61 Å². The largest absolute Gasteiger partial charge is 0.432 e. The summed E-state index contributed by atoms with van der Waals surface area (Å²) >= 11 is 0. The Kier molecular flexibility index (Phi) is 4.24. The maximum atomic E-state index is 13.4. The number of benzene rings is 1. The van der Waals surface area contributed by atoms with E-state index in [9.17, 15) is 13.2 Å². The highest BCUT2D eigenvalue weighted by Gasteiger charge is 2.13. The number of hydrogen-bond donors (Lipinski definition) is 2. The van der Waals surface area contributed by atoms with Crippen molar-refractivity contribution in [3.63, 3.8) is 0 Å². The average Bonchev–Trinajstić information content (AvgIpc) is 2.41. The van der Waals surface area contributed by atoms with Gasteiger partial charge in [-0.25, -0.2) is 14.4 Å². The Morgan fingerprint density at radius 2 is 2.15 bits per heavy atom. The minimum Gasteiger partial charge on any atom is -0.432 e. The summed E-state index contributed by atoms with van der Waals surface area (Å²) in [4.78, 5) is 7.73. The standard InChI is InChI=1S/C12H11F3N4O/c13-8-3-9(16)10(4-11(8)20-12(14)15)18-5-7-1-2-17-6-19-7/h1-4,6,12,18H,5,16H2. The molecule has 0 radical (unpaired) electrons. The third kappa shape index (κ3) is 3.50. The molecular weight excluding hydrogens is 273 g/mol. The molecule has 0 aliphatic heterocycles. The molecular formula is C12H11F3N4O. The molecule has 3 N–H and O–H groups in total. The summed E-state index contributed by atoms with van der Waals surface area (Å²) in [7, 11) is 0. The lowest BCUT2D eigenvalue weighted by Crippen LogP contribution is -2.08. The van der Waals surface area contributed by atoms with Crippen LogP contribution >= 0.6 is 0 Å². The molecule has 106 valence electrons. The van der Waals surface area contributed by atoms with Gasteiger partial charge in [-0.15, -0.1) is 0 Å². The van der Waals surface area contributed by atoms with Gasteiger partial charge in [0, 0.05) is 18.3 Å². The number of nitrogen functional groups attached to an aromatic ring is 1. The molecule has 0 unspecified atom stereocenters. The summed E-state index contributed by atoms with van der Waals surface area (Å²) < 4.78 is 41.7. The van der Waals surface area contributed by atoms with Crippen molar-refractivity contribution in [3.8, 4) is 5.75 Å². The minimum absolute atomic E-state index is 0.0816. The molecule has 2 aromatic rings. The normalized spacial score (nSPS) is 10.6. The first-order chi connectivity index (χ1) is 9.56. The van der Waals surface area contributed by atoms with E-state index in [1.165, 1.54) is 6.33 Å². The van der Waals surface area contributed by atoms with Gasteiger partial charge in [-0.3, -0.25) is 0 Å². The van der Waals surface area contributed by atoms with Crippen LogP contribution in [-0.2, 0) is 6.54 Å². The second-order valence-electron chi connectivity index (χ2n) is 3.80. The van der Waals surface area contributed by atoms with Crippen molar-refractivity contribution in [2.24, 2.45) is 0 Å². The molecule has 0 saturated carbocycles. The molecule has 8 heteroatoms. The summed E-state index contributed by atoms with van der Waals surface area (Å²) in [5, 5.41) is 2.86. The van der Waals surface area contributed by atoms with Crippen LogP contribution in [0.25, 0.3) is 0 Å². The number of nitrogens with two attached hydrogens (primary N) is 1.